The summed E-state index contributed by atoms with van der Waals surface area (Å²) in [6, 6.07) is 8.37. The fraction of sp³-hybridized carbons (Fsp3) is 0.571. The summed E-state index contributed by atoms with van der Waals surface area (Å²) in [5, 5.41) is 0.622. The van der Waals surface area contributed by atoms with Gasteiger partial charge in [-0.05, 0) is 37.6 Å². The minimum absolute atomic E-state index is 0.316. The van der Waals surface area contributed by atoms with Crippen molar-refractivity contribution in [3.05, 3.63) is 24.3 Å². The molecular weight excluding hydrogens is 312 g/mol. The van der Waals surface area contributed by atoms with Crippen LogP contribution < -0.4 is 0 Å². The number of benzene rings is 1. The van der Waals surface area contributed by atoms with E-state index in [1.54, 1.807) is 18.7 Å². The van der Waals surface area contributed by atoms with Crippen molar-refractivity contribution < 1.29 is 12.6 Å². The molecule has 0 aromatic heterocycles. The Morgan fingerprint density at radius 1 is 1.15 bits per heavy atom. The van der Waals surface area contributed by atoms with Crippen LogP contribution in [0.4, 0.5) is 0 Å². The Bertz CT molecular complexity index is 497. The maximum absolute atomic E-state index is 11.0. The second kappa shape index (κ2) is 8.32. The molecule has 0 aliphatic carbocycles. The van der Waals surface area contributed by atoms with Crippen molar-refractivity contribution in [2.75, 3.05) is 12.0 Å². The smallest absolute Gasteiger partial charge is 0.264 e. The van der Waals surface area contributed by atoms with Gasteiger partial charge in [0.1, 0.15) is 0 Å². The maximum atomic E-state index is 11.0. The van der Waals surface area contributed by atoms with E-state index in [-0.39, 0.29) is 6.10 Å². The van der Waals surface area contributed by atoms with Gasteiger partial charge in [0.05, 0.1) is 12.4 Å². The molecule has 0 N–H and O–H groups in total. The van der Waals surface area contributed by atoms with E-state index < -0.39 is 10.1 Å². The number of thioether (sulfide) groups is 2. The molecule has 2 atom stereocenters. The predicted octanol–water partition coefficient (Wildman–Crippen LogP) is 4.03. The standard InChI is InChI=1S/C14H22O3S3/c1-5-12(3)19-14-8-6-13(7-9-14)18-10-11(2)17-20(4,15)16/h6-9,11-12H,5,10H2,1-4H3. The molecule has 6 heteroatoms. The third-order valence-corrected chi connectivity index (χ3v) is 5.76. The van der Waals surface area contributed by atoms with Crippen molar-refractivity contribution in [1.29, 1.82) is 0 Å². The molecule has 0 fully saturated rings. The molecular formula is C14H22O3S3. The van der Waals surface area contributed by atoms with Crippen LogP contribution in [-0.2, 0) is 14.3 Å². The first-order valence-electron chi connectivity index (χ1n) is 6.58. The summed E-state index contributed by atoms with van der Waals surface area (Å²) in [4.78, 5) is 2.39. The zero-order chi connectivity index (χ0) is 15.2. The van der Waals surface area contributed by atoms with E-state index >= 15 is 0 Å². The molecule has 0 saturated heterocycles. The lowest BCUT2D eigenvalue weighted by atomic mass is 10.4. The summed E-state index contributed by atoms with van der Waals surface area (Å²) in [5.74, 6) is 0.616. The zero-order valence-corrected chi connectivity index (χ0v) is 14.8. The molecule has 0 saturated carbocycles. The highest BCUT2D eigenvalue weighted by Crippen LogP contribution is 2.28. The first-order valence-corrected chi connectivity index (χ1v) is 10.3. The molecule has 0 radical (unpaired) electrons. The zero-order valence-electron chi connectivity index (χ0n) is 12.3. The summed E-state index contributed by atoms with van der Waals surface area (Å²) in [6.45, 7) is 6.17. The van der Waals surface area contributed by atoms with Crippen molar-refractivity contribution >= 4 is 33.6 Å². The van der Waals surface area contributed by atoms with Crippen LogP contribution in [0.15, 0.2) is 34.1 Å². The summed E-state index contributed by atoms with van der Waals surface area (Å²) in [7, 11) is -3.37. The van der Waals surface area contributed by atoms with E-state index in [9.17, 15) is 8.42 Å². The Morgan fingerprint density at radius 3 is 2.20 bits per heavy atom. The quantitative estimate of drug-likeness (QED) is 0.530. The Balaban J connectivity index is 2.45. The van der Waals surface area contributed by atoms with Gasteiger partial charge in [-0.2, -0.15) is 8.42 Å². The summed E-state index contributed by atoms with van der Waals surface area (Å²) >= 11 is 3.48. The molecule has 1 aromatic carbocycles. The first-order chi connectivity index (χ1) is 9.30. The average molecular weight is 335 g/mol. The number of hydrogen-bond acceptors (Lipinski definition) is 5. The van der Waals surface area contributed by atoms with Crippen LogP contribution in [0.25, 0.3) is 0 Å². The molecule has 0 heterocycles. The molecule has 3 nitrogen and oxygen atoms in total. The van der Waals surface area contributed by atoms with E-state index in [0.29, 0.717) is 11.0 Å². The van der Waals surface area contributed by atoms with Crippen molar-refractivity contribution in [2.45, 2.75) is 48.3 Å². The highest BCUT2D eigenvalue weighted by atomic mass is 32.2. The van der Waals surface area contributed by atoms with Gasteiger partial charge in [0.15, 0.2) is 0 Å². The van der Waals surface area contributed by atoms with Crippen LogP contribution in [-0.4, -0.2) is 31.8 Å². The molecule has 2 unspecified atom stereocenters. The molecule has 0 aliphatic heterocycles. The SMILES string of the molecule is CCC(C)Sc1ccc(SCC(C)OS(C)(=O)=O)cc1. The van der Waals surface area contributed by atoms with E-state index in [2.05, 4.69) is 38.1 Å². The molecule has 114 valence electrons. The second-order valence-electron chi connectivity index (χ2n) is 4.73. The number of rotatable bonds is 8. The van der Waals surface area contributed by atoms with Crippen molar-refractivity contribution in [3.63, 3.8) is 0 Å². The van der Waals surface area contributed by atoms with Gasteiger partial charge in [-0.15, -0.1) is 23.5 Å². The highest BCUT2D eigenvalue weighted by Gasteiger charge is 2.10. The minimum atomic E-state index is -3.37. The van der Waals surface area contributed by atoms with Crippen LogP contribution in [0, 0.1) is 0 Å². The van der Waals surface area contributed by atoms with E-state index in [1.165, 1.54) is 4.90 Å². The predicted molar refractivity (Wildman–Crippen MR) is 88.2 cm³/mol. The molecule has 20 heavy (non-hydrogen) atoms. The van der Waals surface area contributed by atoms with Gasteiger partial charge in [0.25, 0.3) is 10.1 Å². The van der Waals surface area contributed by atoms with Crippen molar-refractivity contribution in [3.8, 4) is 0 Å². The summed E-state index contributed by atoms with van der Waals surface area (Å²) in [5.41, 5.74) is 0. The van der Waals surface area contributed by atoms with Crippen LogP contribution in [0.1, 0.15) is 27.2 Å². The van der Waals surface area contributed by atoms with Crippen molar-refractivity contribution in [1.82, 2.24) is 0 Å². The van der Waals surface area contributed by atoms with Gasteiger partial charge >= 0.3 is 0 Å². The van der Waals surface area contributed by atoms with Crippen molar-refractivity contribution in [2.24, 2.45) is 0 Å². The Labute approximate surface area is 131 Å². The highest BCUT2D eigenvalue weighted by molar-refractivity contribution is 8.00. The van der Waals surface area contributed by atoms with Gasteiger partial charge < -0.3 is 0 Å². The van der Waals surface area contributed by atoms with E-state index in [1.807, 2.05) is 11.8 Å². The monoisotopic (exact) mass is 334 g/mol. The van der Waals surface area contributed by atoms with Gasteiger partial charge in [0, 0.05) is 20.8 Å². The van der Waals surface area contributed by atoms with Gasteiger partial charge in [0.2, 0.25) is 0 Å². The van der Waals surface area contributed by atoms with Gasteiger partial charge in [-0.3, -0.25) is 4.18 Å². The van der Waals surface area contributed by atoms with Crippen LogP contribution >= 0.6 is 23.5 Å². The van der Waals surface area contributed by atoms with Gasteiger partial charge in [-0.1, -0.05) is 13.8 Å². The van der Waals surface area contributed by atoms with Crippen LogP contribution in [0.3, 0.4) is 0 Å². The van der Waals surface area contributed by atoms with E-state index in [4.69, 9.17) is 4.18 Å². The molecule has 1 rings (SSSR count). The lowest BCUT2D eigenvalue weighted by Gasteiger charge is -2.11. The molecule has 0 aliphatic rings. The normalized spacial score (nSPS) is 15.0. The minimum Gasteiger partial charge on any atom is -0.266 e. The molecule has 0 amide bonds. The largest absolute Gasteiger partial charge is 0.266 e. The lowest BCUT2D eigenvalue weighted by molar-refractivity contribution is 0.256. The topological polar surface area (TPSA) is 43.4 Å². The Hall–Kier alpha value is -0.170. The maximum Gasteiger partial charge on any atom is 0.264 e. The first kappa shape index (κ1) is 17.9. The molecule has 1 aromatic rings. The summed E-state index contributed by atoms with van der Waals surface area (Å²) in [6.07, 6.45) is 1.92. The lowest BCUT2D eigenvalue weighted by Crippen LogP contribution is -2.16. The number of hydrogen-bond donors (Lipinski definition) is 0. The van der Waals surface area contributed by atoms with Gasteiger partial charge in [-0.25, -0.2) is 0 Å². The fourth-order valence-corrected chi connectivity index (χ4v) is 3.97. The second-order valence-corrected chi connectivity index (χ2v) is 8.94. The van der Waals surface area contributed by atoms with E-state index in [0.717, 1.165) is 17.6 Å². The Morgan fingerprint density at radius 2 is 1.70 bits per heavy atom. The third-order valence-electron chi connectivity index (χ3n) is 2.56. The molecule has 0 bridgehead atoms. The summed E-state index contributed by atoms with van der Waals surface area (Å²) < 4.78 is 26.9. The average Bonchev–Trinajstić information content (AvgIpc) is 2.36. The van der Waals surface area contributed by atoms with Crippen LogP contribution in [0.2, 0.25) is 0 Å². The Kier molecular flexibility index (Phi) is 7.43. The molecule has 0 spiro atoms. The third kappa shape index (κ3) is 7.57. The fourth-order valence-electron chi connectivity index (χ4n) is 1.47. The van der Waals surface area contributed by atoms with Crippen LogP contribution in [0.5, 0.6) is 0 Å².